The molecule has 0 aliphatic heterocycles. The Bertz CT molecular complexity index is 1310. The van der Waals surface area contributed by atoms with Crippen molar-refractivity contribution in [2.45, 2.75) is 19.0 Å². The molecule has 0 saturated carbocycles. The van der Waals surface area contributed by atoms with E-state index in [4.69, 9.17) is 16.3 Å². The second-order valence-electron chi connectivity index (χ2n) is 7.26. The van der Waals surface area contributed by atoms with Crippen LogP contribution in [0.1, 0.15) is 23.2 Å². The van der Waals surface area contributed by atoms with Gasteiger partial charge in [-0.2, -0.15) is 18.3 Å². The number of methoxy groups -OCH3 is 1. The molecule has 10 heteroatoms. The first-order valence-electron chi connectivity index (χ1n) is 9.60. The molecule has 0 atom stereocenters. The summed E-state index contributed by atoms with van der Waals surface area (Å²) in [5, 5.41) is 4.20. The fraction of sp³-hybridized carbons (Fsp3) is 0.227. The maximum absolute atomic E-state index is 12.5. The van der Waals surface area contributed by atoms with Gasteiger partial charge in [0, 0.05) is 37.0 Å². The van der Waals surface area contributed by atoms with Gasteiger partial charge < -0.3 is 4.74 Å². The van der Waals surface area contributed by atoms with E-state index in [1.54, 1.807) is 23.1 Å². The van der Waals surface area contributed by atoms with Crippen LogP contribution in [0.3, 0.4) is 0 Å². The lowest BCUT2D eigenvalue weighted by Gasteiger charge is -2.13. The zero-order valence-electron chi connectivity index (χ0n) is 17.2. The summed E-state index contributed by atoms with van der Waals surface area (Å²) in [6.07, 6.45) is 0.802. The molecule has 0 amide bonds. The van der Waals surface area contributed by atoms with Crippen molar-refractivity contribution in [3.05, 3.63) is 59.6 Å². The summed E-state index contributed by atoms with van der Waals surface area (Å²) < 4.78 is 46.4. The molecule has 4 aromatic rings. The number of hydrogen-bond acceptors (Lipinski definition) is 4. The third-order valence-electron chi connectivity index (χ3n) is 5.04. The van der Waals surface area contributed by atoms with Crippen molar-refractivity contribution in [2.24, 2.45) is 7.05 Å². The molecule has 0 bridgehead atoms. The highest BCUT2D eigenvalue weighted by Crippen LogP contribution is 2.36. The van der Waals surface area contributed by atoms with Crippen molar-refractivity contribution in [3.8, 4) is 28.1 Å². The molecule has 0 saturated heterocycles. The standard InChI is InChI=1S/C22H18ClF3N4O2/c1-29-12-15(10-28-29)13-4-6-30-17(11-27-20(30)9-13)14-7-16(23)21(19(8-14)32-2)18(31)3-5-22(24,25)26/h4,6-12H,3,5H2,1-2H3. The Morgan fingerprint density at radius 2 is 1.94 bits per heavy atom. The second-order valence-corrected chi connectivity index (χ2v) is 7.67. The number of benzene rings is 1. The summed E-state index contributed by atoms with van der Waals surface area (Å²) in [5.74, 6) is -0.614. The maximum Gasteiger partial charge on any atom is 0.389 e. The average molecular weight is 463 g/mol. The number of alkyl halides is 3. The molecule has 32 heavy (non-hydrogen) atoms. The summed E-state index contributed by atoms with van der Waals surface area (Å²) in [6.45, 7) is 0. The largest absolute Gasteiger partial charge is 0.496 e. The molecule has 0 radical (unpaired) electrons. The number of ketones is 1. The first-order valence-corrected chi connectivity index (χ1v) is 9.98. The zero-order valence-corrected chi connectivity index (χ0v) is 17.9. The van der Waals surface area contributed by atoms with Crippen LogP contribution in [0.2, 0.25) is 5.02 Å². The molecule has 6 nitrogen and oxygen atoms in total. The number of carbonyl (C=O) groups excluding carboxylic acids is 1. The Kier molecular flexibility index (Phi) is 5.68. The smallest absolute Gasteiger partial charge is 0.389 e. The van der Waals surface area contributed by atoms with Crippen LogP contribution in [0.15, 0.2) is 49.1 Å². The second kappa shape index (κ2) is 8.31. The Balaban J connectivity index is 1.70. The van der Waals surface area contributed by atoms with Gasteiger partial charge >= 0.3 is 6.18 Å². The number of aryl methyl sites for hydroxylation is 1. The number of nitrogens with zero attached hydrogens (tertiary/aromatic N) is 4. The molecular weight excluding hydrogens is 445 g/mol. The van der Waals surface area contributed by atoms with Crippen molar-refractivity contribution in [1.29, 1.82) is 0 Å². The van der Waals surface area contributed by atoms with E-state index in [-0.39, 0.29) is 16.3 Å². The van der Waals surface area contributed by atoms with Gasteiger partial charge in [0.25, 0.3) is 0 Å². The topological polar surface area (TPSA) is 61.4 Å². The molecule has 0 N–H and O–H groups in total. The first-order chi connectivity index (χ1) is 15.2. The quantitative estimate of drug-likeness (QED) is 0.350. The number of carbonyl (C=O) groups is 1. The zero-order chi connectivity index (χ0) is 23.0. The predicted molar refractivity (Wildman–Crippen MR) is 114 cm³/mol. The van der Waals surface area contributed by atoms with Gasteiger partial charge in [-0.05, 0) is 29.8 Å². The van der Waals surface area contributed by atoms with Crippen LogP contribution in [-0.2, 0) is 7.05 Å². The third kappa shape index (κ3) is 4.34. The maximum atomic E-state index is 12.5. The van der Waals surface area contributed by atoms with E-state index in [1.807, 2.05) is 36.0 Å². The van der Waals surface area contributed by atoms with Crippen LogP contribution in [0.5, 0.6) is 5.75 Å². The molecule has 1 aromatic carbocycles. The average Bonchev–Trinajstić information content (AvgIpc) is 3.36. The number of hydrogen-bond donors (Lipinski definition) is 0. The van der Waals surface area contributed by atoms with Crippen molar-refractivity contribution in [2.75, 3.05) is 7.11 Å². The van der Waals surface area contributed by atoms with E-state index in [0.29, 0.717) is 16.9 Å². The SMILES string of the molecule is COc1cc(-c2cnc3cc(-c4cnn(C)c4)ccn23)cc(Cl)c1C(=O)CCC(F)(F)F. The molecule has 0 fully saturated rings. The van der Waals surface area contributed by atoms with Crippen LogP contribution < -0.4 is 4.74 Å². The van der Waals surface area contributed by atoms with Crippen LogP contribution in [-0.4, -0.2) is 38.2 Å². The lowest BCUT2D eigenvalue weighted by molar-refractivity contribution is -0.133. The minimum absolute atomic E-state index is 0.0217. The van der Waals surface area contributed by atoms with Crippen molar-refractivity contribution >= 4 is 23.0 Å². The first kappa shape index (κ1) is 21.9. The van der Waals surface area contributed by atoms with E-state index in [1.165, 1.54) is 13.2 Å². The highest BCUT2D eigenvalue weighted by molar-refractivity contribution is 6.34. The van der Waals surface area contributed by atoms with Gasteiger partial charge in [-0.1, -0.05) is 11.6 Å². The Morgan fingerprint density at radius 3 is 2.59 bits per heavy atom. The number of rotatable bonds is 6. The molecule has 3 aromatic heterocycles. The normalized spacial score (nSPS) is 11.8. The number of aromatic nitrogens is 4. The van der Waals surface area contributed by atoms with Crippen molar-refractivity contribution < 1.29 is 22.7 Å². The van der Waals surface area contributed by atoms with E-state index in [0.717, 1.165) is 11.1 Å². The Hall–Kier alpha value is -3.33. The van der Waals surface area contributed by atoms with Crippen molar-refractivity contribution in [1.82, 2.24) is 19.2 Å². The highest BCUT2D eigenvalue weighted by atomic mass is 35.5. The van der Waals surface area contributed by atoms with Gasteiger partial charge in [-0.15, -0.1) is 0 Å². The molecule has 166 valence electrons. The monoisotopic (exact) mass is 462 g/mol. The lowest BCUT2D eigenvalue weighted by Crippen LogP contribution is -2.12. The molecule has 0 aliphatic carbocycles. The number of halogens is 4. The molecule has 0 aliphatic rings. The number of fused-ring (bicyclic) bond motifs is 1. The minimum atomic E-state index is -4.43. The van der Waals surface area contributed by atoms with Crippen LogP contribution >= 0.6 is 11.6 Å². The summed E-state index contributed by atoms with van der Waals surface area (Å²) in [4.78, 5) is 16.8. The number of pyridine rings is 1. The van der Waals surface area contributed by atoms with Gasteiger partial charge in [0.1, 0.15) is 11.4 Å². The number of imidazole rings is 1. The van der Waals surface area contributed by atoms with Crippen LogP contribution in [0.25, 0.3) is 28.0 Å². The predicted octanol–water partition coefficient (Wildman–Crippen LogP) is 5.59. The molecular formula is C22H18ClF3N4O2. The van der Waals surface area contributed by atoms with Crippen LogP contribution in [0, 0.1) is 0 Å². The van der Waals surface area contributed by atoms with E-state index in [2.05, 4.69) is 10.1 Å². The molecule has 0 unspecified atom stereocenters. The Morgan fingerprint density at radius 1 is 1.16 bits per heavy atom. The third-order valence-corrected chi connectivity index (χ3v) is 5.33. The van der Waals surface area contributed by atoms with Gasteiger partial charge in [0.15, 0.2) is 5.78 Å². The summed E-state index contributed by atoms with van der Waals surface area (Å²) in [7, 11) is 3.18. The van der Waals surface area contributed by atoms with Gasteiger partial charge in [0.05, 0.1) is 42.2 Å². The molecule has 3 heterocycles. The number of Topliss-reactive ketones (excluding diaryl/α,β-unsaturated/α-hetero) is 1. The molecule has 4 rings (SSSR count). The summed E-state index contributed by atoms with van der Waals surface area (Å²) in [5.41, 5.74) is 3.82. The fourth-order valence-corrected chi connectivity index (χ4v) is 3.80. The highest BCUT2D eigenvalue weighted by Gasteiger charge is 2.29. The minimum Gasteiger partial charge on any atom is -0.496 e. The fourth-order valence-electron chi connectivity index (χ4n) is 3.49. The summed E-state index contributed by atoms with van der Waals surface area (Å²) >= 11 is 6.31. The Labute approximate surface area is 186 Å². The number of ether oxygens (including phenoxy) is 1. The molecule has 0 spiro atoms. The van der Waals surface area contributed by atoms with E-state index >= 15 is 0 Å². The van der Waals surface area contributed by atoms with Crippen molar-refractivity contribution in [3.63, 3.8) is 0 Å². The van der Waals surface area contributed by atoms with Gasteiger partial charge in [-0.3, -0.25) is 13.9 Å². The summed E-state index contributed by atoms with van der Waals surface area (Å²) in [6, 6.07) is 6.94. The van der Waals surface area contributed by atoms with Gasteiger partial charge in [-0.25, -0.2) is 4.98 Å². The van der Waals surface area contributed by atoms with E-state index < -0.39 is 24.8 Å². The van der Waals surface area contributed by atoms with Gasteiger partial charge in [0.2, 0.25) is 0 Å². The van der Waals surface area contributed by atoms with Crippen LogP contribution in [0.4, 0.5) is 13.2 Å². The lowest BCUT2D eigenvalue weighted by atomic mass is 10.0. The van der Waals surface area contributed by atoms with E-state index in [9.17, 15) is 18.0 Å².